The molecule has 0 unspecified atom stereocenters. The van der Waals surface area contributed by atoms with Gasteiger partial charge in [-0.05, 0) is 30.8 Å². The van der Waals surface area contributed by atoms with E-state index in [9.17, 15) is 18.0 Å². The summed E-state index contributed by atoms with van der Waals surface area (Å²) in [5.74, 6) is -0.132. The molecule has 1 fully saturated rings. The number of hydrogen-bond donors (Lipinski definition) is 1. The molecule has 0 radical (unpaired) electrons. The number of anilines is 2. The van der Waals surface area contributed by atoms with E-state index in [4.69, 9.17) is 0 Å². The molecule has 2 heterocycles. The molecule has 1 N–H and O–H groups in total. The van der Waals surface area contributed by atoms with Crippen molar-refractivity contribution in [3.05, 3.63) is 47.8 Å². The average molecular weight is 379 g/mol. The fraction of sp³-hybridized carbons (Fsp3) is 0.389. The minimum Gasteiger partial charge on any atom is -0.338 e. The molecule has 144 valence electrons. The molecular formula is C18H20F3N5O. The topological polar surface area (TPSA) is 61.4 Å². The summed E-state index contributed by atoms with van der Waals surface area (Å²) in [6, 6.07) is 5.93. The third-order valence-electron chi connectivity index (χ3n) is 4.43. The number of amides is 1. The molecule has 0 bridgehead atoms. The van der Waals surface area contributed by atoms with E-state index in [1.54, 1.807) is 0 Å². The van der Waals surface area contributed by atoms with E-state index < -0.39 is 17.6 Å². The molecule has 6 nitrogen and oxygen atoms in total. The Kier molecular flexibility index (Phi) is 5.59. The summed E-state index contributed by atoms with van der Waals surface area (Å²) in [6.07, 6.45) is -2.99. The molecular weight excluding hydrogens is 359 g/mol. The second-order valence-corrected chi connectivity index (χ2v) is 6.20. The van der Waals surface area contributed by atoms with Gasteiger partial charge >= 0.3 is 6.18 Å². The smallest absolute Gasteiger partial charge is 0.338 e. The van der Waals surface area contributed by atoms with Crippen LogP contribution >= 0.6 is 0 Å². The maximum atomic E-state index is 12.8. The van der Waals surface area contributed by atoms with Crippen molar-refractivity contribution in [2.75, 3.05) is 42.9 Å². The Morgan fingerprint density at radius 1 is 1.19 bits per heavy atom. The number of piperazine rings is 1. The highest BCUT2D eigenvalue weighted by Crippen LogP contribution is 2.30. The molecule has 1 aliphatic heterocycles. The van der Waals surface area contributed by atoms with Crippen molar-refractivity contribution >= 4 is 17.5 Å². The molecule has 0 aliphatic carbocycles. The van der Waals surface area contributed by atoms with Crippen molar-refractivity contribution in [1.82, 2.24) is 14.9 Å². The first kappa shape index (κ1) is 19.1. The van der Waals surface area contributed by atoms with Crippen LogP contribution in [0.5, 0.6) is 0 Å². The highest BCUT2D eigenvalue weighted by Gasteiger charge is 2.30. The molecule has 1 aliphatic rings. The SMILES string of the molecule is CCN1CCN(c2nccc(C(=O)Nc3cccc(C(F)(F)F)c3)n2)CC1. The summed E-state index contributed by atoms with van der Waals surface area (Å²) in [5.41, 5.74) is -0.653. The van der Waals surface area contributed by atoms with Crippen molar-refractivity contribution < 1.29 is 18.0 Å². The van der Waals surface area contributed by atoms with Crippen LogP contribution in [-0.2, 0) is 6.18 Å². The number of carbonyl (C=O) groups excluding carboxylic acids is 1. The first-order chi connectivity index (χ1) is 12.9. The van der Waals surface area contributed by atoms with Crippen LogP contribution in [-0.4, -0.2) is 53.5 Å². The van der Waals surface area contributed by atoms with Gasteiger partial charge in [-0.15, -0.1) is 0 Å². The molecule has 27 heavy (non-hydrogen) atoms. The number of carbonyl (C=O) groups is 1. The second kappa shape index (κ2) is 7.91. The summed E-state index contributed by atoms with van der Waals surface area (Å²) >= 11 is 0. The highest BCUT2D eigenvalue weighted by molar-refractivity contribution is 6.03. The van der Waals surface area contributed by atoms with Crippen molar-refractivity contribution in [2.24, 2.45) is 0 Å². The number of likely N-dealkylation sites (N-methyl/N-ethyl adjacent to an activating group) is 1. The van der Waals surface area contributed by atoms with Crippen LogP contribution in [0.3, 0.4) is 0 Å². The molecule has 9 heteroatoms. The zero-order valence-electron chi connectivity index (χ0n) is 14.8. The van der Waals surface area contributed by atoms with Crippen molar-refractivity contribution in [3.63, 3.8) is 0 Å². The number of alkyl halides is 3. The van der Waals surface area contributed by atoms with Crippen LogP contribution in [0.2, 0.25) is 0 Å². The van der Waals surface area contributed by atoms with Crippen LogP contribution in [0, 0.1) is 0 Å². The lowest BCUT2D eigenvalue weighted by Crippen LogP contribution is -2.46. The molecule has 1 saturated heterocycles. The lowest BCUT2D eigenvalue weighted by atomic mass is 10.2. The second-order valence-electron chi connectivity index (χ2n) is 6.20. The van der Waals surface area contributed by atoms with Gasteiger partial charge in [-0.3, -0.25) is 4.79 Å². The Hall–Kier alpha value is -2.68. The van der Waals surface area contributed by atoms with E-state index in [0.29, 0.717) is 5.95 Å². The standard InChI is InChI=1S/C18H20F3N5O/c1-2-25-8-10-26(11-9-25)17-22-7-6-15(24-17)16(27)23-14-5-3-4-13(12-14)18(19,20)21/h3-7,12H,2,8-11H2,1H3,(H,23,27). The molecule has 0 atom stereocenters. The van der Waals surface area contributed by atoms with Gasteiger partial charge in [0.15, 0.2) is 0 Å². The van der Waals surface area contributed by atoms with Crippen molar-refractivity contribution in [2.45, 2.75) is 13.1 Å². The summed E-state index contributed by atoms with van der Waals surface area (Å²) in [5, 5.41) is 2.46. The van der Waals surface area contributed by atoms with E-state index in [-0.39, 0.29) is 11.4 Å². The van der Waals surface area contributed by atoms with Gasteiger partial charge in [0, 0.05) is 38.1 Å². The first-order valence-electron chi connectivity index (χ1n) is 8.66. The van der Waals surface area contributed by atoms with E-state index in [0.717, 1.165) is 44.9 Å². The molecule has 3 rings (SSSR count). The van der Waals surface area contributed by atoms with Gasteiger partial charge in [0.05, 0.1) is 5.56 Å². The van der Waals surface area contributed by atoms with Crippen LogP contribution in [0.4, 0.5) is 24.8 Å². The fourth-order valence-corrected chi connectivity index (χ4v) is 2.86. The highest BCUT2D eigenvalue weighted by atomic mass is 19.4. The average Bonchev–Trinajstić information content (AvgIpc) is 2.68. The number of hydrogen-bond acceptors (Lipinski definition) is 5. The Morgan fingerprint density at radius 3 is 2.59 bits per heavy atom. The fourth-order valence-electron chi connectivity index (χ4n) is 2.86. The van der Waals surface area contributed by atoms with Gasteiger partial charge in [-0.2, -0.15) is 13.2 Å². The number of nitrogens with one attached hydrogen (secondary N) is 1. The number of aromatic nitrogens is 2. The van der Waals surface area contributed by atoms with Crippen LogP contribution in [0.15, 0.2) is 36.5 Å². The molecule has 1 amide bonds. The van der Waals surface area contributed by atoms with Gasteiger partial charge in [0.2, 0.25) is 5.95 Å². The van der Waals surface area contributed by atoms with E-state index in [1.807, 2.05) is 4.90 Å². The molecule has 0 saturated carbocycles. The van der Waals surface area contributed by atoms with E-state index in [1.165, 1.54) is 24.4 Å². The molecule has 2 aromatic rings. The van der Waals surface area contributed by atoms with Gasteiger partial charge in [-0.25, -0.2) is 9.97 Å². The summed E-state index contributed by atoms with van der Waals surface area (Å²) in [7, 11) is 0. The zero-order chi connectivity index (χ0) is 19.4. The van der Waals surface area contributed by atoms with Crippen LogP contribution in [0.1, 0.15) is 23.0 Å². The number of halogens is 3. The van der Waals surface area contributed by atoms with Crippen LogP contribution in [0.25, 0.3) is 0 Å². The van der Waals surface area contributed by atoms with Gasteiger partial charge in [0.25, 0.3) is 5.91 Å². The Balaban J connectivity index is 1.71. The van der Waals surface area contributed by atoms with Crippen molar-refractivity contribution in [3.8, 4) is 0 Å². The quantitative estimate of drug-likeness (QED) is 0.885. The monoisotopic (exact) mass is 379 g/mol. The van der Waals surface area contributed by atoms with Crippen LogP contribution < -0.4 is 10.2 Å². The lowest BCUT2D eigenvalue weighted by molar-refractivity contribution is -0.137. The van der Waals surface area contributed by atoms with E-state index >= 15 is 0 Å². The largest absolute Gasteiger partial charge is 0.416 e. The Morgan fingerprint density at radius 2 is 1.93 bits per heavy atom. The van der Waals surface area contributed by atoms with Crippen molar-refractivity contribution in [1.29, 1.82) is 0 Å². The summed E-state index contributed by atoms with van der Waals surface area (Å²) in [6.45, 7) is 6.37. The number of benzene rings is 1. The van der Waals surface area contributed by atoms with Gasteiger partial charge < -0.3 is 15.1 Å². The minimum absolute atomic E-state index is 0.0616. The van der Waals surface area contributed by atoms with E-state index in [2.05, 4.69) is 27.1 Å². The van der Waals surface area contributed by atoms with Gasteiger partial charge in [-0.1, -0.05) is 13.0 Å². The Bertz CT molecular complexity index is 804. The number of rotatable bonds is 4. The third-order valence-corrected chi connectivity index (χ3v) is 4.43. The molecule has 1 aromatic carbocycles. The lowest BCUT2D eigenvalue weighted by Gasteiger charge is -2.34. The predicted molar refractivity (Wildman–Crippen MR) is 95.8 cm³/mol. The maximum absolute atomic E-state index is 12.8. The first-order valence-corrected chi connectivity index (χ1v) is 8.66. The summed E-state index contributed by atoms with van der Waals surface area (Å²) in [4.78, 5) is 25.2. The van der Waals surface area contributed by atoms with Gasteiger partial charge in [0.1, 0.15) is 5.69 Å². The molecule has 0 spiro atoms. The zero-order valence-corrected chi connectivity index (χ0v) is 14.8. The maximum Gasteiger partial charge on any atom is 0.416 e. The number of nitrogens with zero attached hydrogens (tertiary/aromatic N) is 4. The third kappa shape index (κ3) is 4.73. The minimum atomic E-state index is -4.47. The summed E-state index contributed by atoms with van der Waals surface area (Å²) < 4.78 is 38.4. The normalized spacial score (nSPS) is 15.6. The molecule has 1 aromatic heterocycles. The predicted octanol–water partition coefficient (Wildman–Crippen LogP) is 2.89. The Labute approximate surface area is 155 Å².